The van der Waals surface area contributed by atoms with E-state index in [2.05, 4.69) is 105 Å². The summed E-state index contributed by atoms with van der Waals surface area (Å²) in [6, 6.07) is 26.2. The minimum absolute atomic E-state index is 1.12. The van der Waals surface area contributed by atoms with Crippen molar-refractivity contribution < 1.29 is 0 Å². The van der Waals surface area contributed by atoms with Crippen LogP contribution in [0.15, 0.2) is 88.8 Å². The summed E-state index contributed by atoms with van der Waals surface area (Å²) >= 11 is 5.47. The SMILES string of the molecule is Brc1ccc2c(c1)c1ccn(-c3cccc4ccccc34)c1c1ccsc21. The maximum absolute atomic E-state index is 3.65. The van der Waals surface area contributed by atoms with Gasteiger partial charge in [0.25, 0.3) is 0 Å². The lowest BCUT2D eigenvalue weighted by Crippen LogP contribution is -1.94. The van der Waals surface area contributed by atoms with Gasteiger partial charge in [0.1, 0.15) is 0 Å². The molecule has 0 bridgehead atoms. The number of hydrogen-bond acceptors (Lipinski definition) is 1. The summed E-state index contributed by atoms with van der Waals surface area (Å²) in [5.74, 6) is 0. The number of hydrogen-bond donors (Lipinski definition) is 0. The van der Waals surface area contributed by atoms with E-state index >= 15 is 0 Å². The van der Waals surface area contributed by atoms with Gasteiger partial charge in [0.05, 0.1) is 11.2 Å². The third kappa shape index (κ3) is 2.16. The first-order valence-corrected chi connectivity index (χ1v) is 10.6. The molecular formula is C24H14BrNS. The van der Waals surface area contributed by atoms with Crippen LogP contribution in [-0.4, -0.2) is 4.57 Å². The van der Waals surface area contributed by atoms with Gasteiger partial charge >= 0.3 is 0 Å². The highest BCUT2D eigenvalue weighted by Crippen LogP contribution is 2.40. The smallest absolute Gasteiger partial charge is 0.0622 e. The minimum atomic E-state index is 1.12. The highest BCUT2D eigenvalue weighted by atomic mass is 79.9. The Labute approximate surface area is 168 Å². The molecular weight excluding hydrogens is 414 g/mol. The number of halogens is 1. The summed E-state index contributed by atoms with van der Waals surface area (Å²) in [6.45, 7) is 0. The van der Waals surface area contributed by atoms with Crippen LogP contribution < -0.4 is 0 Å². The van der Waals surface area contributed by atoms with E-state index in [4.69, 9.17) is 0 Å². The van der Waals surface area contributed by atoms with Gasteiger partial charge in [-0.15, -0.1) is 11.3 Å². The summed E-state index contributed by atoms with van der Waals surface area (Å²) in [4.78, 5) is 0. The molecule has 2 heterocycles. The Hall–Kier alpha value is -2.62. The molecule has 0 unspecified atom stereocenters. The third-order valence-corrected chi connectivity index (χ3v) is 6.79. The second kappa shape index (κ2) is 5.69. The molecule has 0 saturated heterocycles. The van der Waals surface area contributed by atoms with Crippen molar-refractivity contribution in [3.63, 3.8) is 0 Å². The van der Waals surface area contributed by atoms with Crippen LogP contribution in [0, 0.1) is 0 Å². The molecule has 0 aliphatic carbocycles. The maximum Gasteiger partial charge on any atom is 0.0622 e. The summed E-state index contributed by atoms with van der Waals surface area (Å²) < 4.78 is 4.82. The molecule has 0 saturated carbocycles. The van der Waals surface area contributed by atoms with Crippen molar-refractivity contribution in [1.82, 2.24) is 4.57 Å². The van der Waals surface area contributed by atoms with Gasteiger partial charge in [-0.05, 0) is 46.5 Å². The van der Waals surface area contributed by atoms with Crippen molar-refractivity contribution in [2.75, 3.05) is 0 Å². The first kappa shape index (κ1) is 15.4. The Kier molecular flexibility index (Phi) is 3.25. The van der Waals surface area contributed by atoms with Gasteiger partial charge in [0.15, 0.2) is 0 Å². The molecule has 128 valence electrons. The van der Waals surface area contributed by atoms with Crippen molar-refractivity contribution in [3.05, 3.63) is 88.8 Å². The average Bonchev–Trinajstić information content (AvgIpc) is 3.34. The van der Waals surface area contributed by atoms with Crippen LogP contribution in [0.5, 0.6) is 0 Å². The van der Waals surface area contributed by atoms with Crippen molar-refractivity contribution in [2.45, 2.75) is 0 Å². The Balaban J connectivity index is 1.83. The van der Waals surface area contributed by atoms with Gasteiger partial charge in [0.2, 0.25) is 0 Å². The van der Waals surface area contributed by atoms with Crippen LogP contribution in [0.2, 0.25) is 0 Å². The van der Waals surface area contributed by atoms with Crippen molar-refractivity contribution in [1.29, 1.82) is 0 Å². The van der Waals surface area contributed by atoms with Crippen LogP contribution in [-0.2, 0) is 0 Å². The quantitative estimate of drug-likeness (QED) is 0.251. The molecule has 27 heavy (non-hydrogen) atoms. The summed E-state index contributed by atoms with van der Waals surface area (Å²) in [5.41, 5.74) is 2.51. The first-order valence-electron chi connectivity index (χ1n) is 8.89. The van der Waals surface area contributed by atoms with E-state index < -0.39 is 0 Å². The van der Waals surface area contributed by atoms with Crippen molar-refractivity contribution in [3.8, 4) is 5.69 Å². The zero-order chi connectivity index (χ0) is 18.0. The fraction of sp³-hybridized carbons (Fsp3) is 0. The summed E-state index contributed by atoms with van der Waals surface area (Å²) in [5, 5.41) is 9.98. The van der Waals surface area contributed by atoms with Crippen LogP contribution >= 0.6 is 27.3 Å². The first-order chi connectivity index (χ1) is 13.3. The van der Waals surface area contributed by atoms with E-state index in [1.54, 1.807) is 0 Å². The van der Waals surface area contributed by atoms with Gasteiger partial charge in [-0.3, -0.25) is 0 Å². The Morgan fingerprint density at radius 2 is 1.59 bits per heavy atom. The van der Waals surface area contributed by atoms with Gasteiger partial charge < -0.3 is 4.57 Å². The molecule has 2 aromatic heterocycles. The molecule has 0 atom stereocenters. The van der Waals surface area contributed by atoms with E-state index in [0.717, 1.165) is 4.47 Å². The molecule has 0 spiro atoms. The highest BCUT2D eigenvalue weighted by molar-refractivity contribution is 9.10. The van der Waals surface area contributed by atoms with Crippen molar-refractivity contribution >= 4 is 69.8 Å². The molecule has 0 aliphatic rings. The van der Waals surface area contributed by atoms with Gasteiger partial charge in [-0.2, -0.15) is 0 Å². The molecule has 1 nitrogen and oxygen atoms in total. The fourth-order valence-corrected chi connectivity index (χ4v) is 5.48. The van der Waals surface area contributed by atoms with Gasteiger partial charge in [-0.1, -0.05) is 58.4 Å². The Morgan fingerprint density at radius 3 is 2.56 bits per heavy atom. The number of rotatable bonds is 1. The van der Waals surface area contributed by atoms with E-state index in [-0.39, 0.29) is 0 Å². The maximum atomic E-state index is 3.65. The molecule has 6 rings (SSSR count). The molecule has 4 aromatic carbocycles. The Bertz CT molecular complexity index is 1480. The van der Waals surface area contributed by atoms with E-state index in [0.29, 0.717) is 0 Å². The number of thiophene rings is 1. The van der Waals surface area contributed by atoms with Gasteiger partial charge in [-0.25, -0.2) is 0 Å². The lowest BCUT2D eigenvalue weighted by atomic mass is 10.0. The second-order valence-electron chi connectivity index (χ2n) is 6.80. The fourth-order valence-electron chi connectivity index (χ4n) is 4.19. The van der Waals surface area contributed by atoms with Crippen LogP contribution in [0.1, 0.15) is 0 Å². The molecule has 0 amide bonds. The molecule has 0 radical (unpaired) electrons. The molecule has 6 aromatic rings. The number of benzene rings is 4. The number of fused-ring (bicyclic) bond motifs is 7. The molecule has 0 aliphatic heterocycles. The lowest BCUT2D eigenvalue weighted by molar-refractivity contribution is 1.15. The van der Waals surface area contributed by atoms with Crippen LogP contribution in [0.3, 0.4) is 0 Å². The molecule has 3 heteroatoms. The van der Waals surface area contributed by atoms with E-state index in [1.807, 2.05) is 11.3 Å². The van der Waals surface area contributed by atoms with Crippen LogP contribution in [0.25, 0.3) is 48.2 Å². The number of nitrogens with zero attached hydrogens (tertiary/aromatic N) is 1. The predicted molar refractivity (Wildman–Crippen MR) is 121 cm³/mol. The van der Waals surface area contributed by atoms with Crippen molar-refractivity contribution in [2.24, 2.45) is 0 Å². The van der Waals surface area contributed by atoms with Crippen LogP contribution in [0.4, 0.5) is 0 Å². The highest BCUT2D eigenvalue weighted by Gasteiger charge is 2.15. The minimum Gasteiger partial charge on any atom is -0.315 e. The zero-order valence-corrected chi connectivity index (χ0v) is 16.7. The van der Waals surface area contributed by atoms with E-state index in [9.17, 15) is 0 Å². The number of aromatic nitrogens is 1. The topological polar surface area (TPSA) is 4.93 Å². The summed E-state index contributed by atoms with van der Waals surface area (Å²) in [6.07, 6.45) is 2.21. The predicted octanol–water partition coefficient (Wildman–Crippen LogP) is 7.91. The van der Waals surface area contributed by atoms with E-state index in [1.165, 1.54) is 48.2 Å². The Morgan fingerprint density at radius 1 is 0.704 bits per heavy atom. The molecule has 0 fully saturated rings. The standard InChI is InChI=1S/C24H14BrNS/c25-16-8-9-19-21(14-16)18-10-12-26(23(18)20-11-13-27-24(19)20)22-7-3-5-15-4-1-2-6-17(15)22/h1-14H. The zero-order valence-electron chi connectivity index (χ0n) is 14.3. The monoisotopic (exact) mass is 427 g/mol. The normalized spacial score (nSPS) is 11.9. The third-order valence-electron chi connectivity index (χ3n) is 5.35. The molecule has 0 N–H and O–H groups in total. The summed E-state index contributed by atoms with van der Waals surface area (Å²) in [7, 11) is 0. The largest absolute Gasteiger partial charge is 0.315 e. The van der Waals surface area contributed by atoms with Gasteiger partial charge in [0, 0.05) is 36.9 Å². The lowest BCUT2D eigenvalue weighted by Gasteiger charge is -2.12. The average molecular weight is 428 g/mol. The second-order valence-corrected chi connectivity index (χ2v) is 8.63.